The number of methoxy groups -OCH3 is 1. The van der Waals surface area contributed by atoms with Gasteiger partial charge in [0.25, 0.3) is 5.91 Å². The number of nitrogens with two attached hydrogens (primary N) is 1. The number of hydrogen-bond acceptors (Lipinski definition) is 3. The lowest BCUT2D eigenvalue weighted by Crippen LogP contribution is -2.46. The number of benzene rings is 1. The largest absolute Gasteiger partial charge is 0.368 e. The SMILES string of the molecule is CO[C@@H](C(=O)N[C@H](CC=C(C)C)C(N)=O)c1ccccc1. The number of primary amides is 1. The van der Waals surface area contributed by atoms with Crippen molar-refractivity contribution in [3.05, 3.63) is 47.5 Å². The van der Waals surface area contributed by atoms with E-state index in [2.05, 4.69) is 5.32 Å². The highest BCUT2D eigenvalue weighted by Crippen LogP contribution is 2.16. The molecule has 0 saturated heterocycles. The molecule has 5 heteroatoms. The van der Waals surface area contributed by atoms with Crippen LogP contribution in [0.25, 0.3) is 0 Å². The van der Waals surface area contributed by atoms with Gasteiger partial charge < -0.3 is 15.8 Å². The molecule has 2 amide bonds. The minimum Gasteiger partial charge on any atom is -0.368 e. The van der Waals surface area contributed by atoms with E-state index in [1.54, 1.807) is 12.1 Å². The van der Waals surface area contributed by atoms with Crippen molar-refractivity contribution in [1.29, 1.82) is 0 Å². The standard InChI is InChI=1S/C16H22N2O3/c1-11(2)9-10-13(15(17)19)18-16(20)14(21-3)12-7-5-4-6-8-12/h4-9,13-14H,10H2,1-3H3,(H2,17,19)(H,18,20)/t13-,14-/m1/s1. The third-order valence-electron chi connectivity index (χ3n) is 3.00. The lowest BCUT2D eigenvalue weighted by atomic mass is 10.1. The van der Waals surface area contributed by atoms with E-state index in [0.717, 1.165) is 11.1 Å². The van der Waals surface area contributed by atoms with Crippen LogP contribution < -0.4 is 11.1 Å². The van der Waals surface area contributed by atoms with Crippen LogP contribution in [-0.2, 0) is 14.3 Å². The van der Waals surface area contributed by atoms with Gasteiger partial charge in [-0.05, 0) is 25.8 Å². The minimum absolute atomic E-state index is 0.370. The molecule has 2 atom stereocenters. The molecule has 0 aliphatic rings. The van der Waals surface area contributed by atoms with E-state index < -0.39 is 18.1 Å². The van der Waals surface area contributed by atoms with Crippen LogP contribution in [0.15, 0.2) is 42.0 Å². The summed E-state index contributed by atoms with van der Waals surface area (Å²) >= 11 is 0. The number of hydrogen-bond donors (Lipinski definition) is 2. The molecular formula is C16H22N2O3. The molecule has 21 heavy (non-hydrogen) atoms. The number of amides is 2. The Hall–Kier alpha value is -2.14. The average molecular weight is 290 g/mol. The van der Waals surface area contributed by atoms with Gasteiger partial charge in [0.2, 0.25) is 5.91 Å². The van der Waals surface area contributed by atoms with Crippen molar-refractivity contribution < 1.29 is 14.3 Å². The molecule has 0 aromatic heterocycles. The van der Waals surface area contributed by atoms with Crippen LogP contribution in [0, 0.1) is 0 Å². The molecule has 0 aliphatic heterocycles. The van der Waals surface area contributed by atoms with Crippen LogP contribution in [0.2, 0.25) is 0 Å². The van der Waals surface area contributed by atoms with E-state index in [9.17, 15) is 9.59 Å². The fourth-order valence-corrected chi connectivity index (χ4v) is 1.87. The molecule has 0 aliphatic carbocycles. The molecular weight excluding hydrogens is 268 g/mol. The lowest BCUT2D eigenvalue weighted by Gasteiger charge is -2.19. The van der Waals surface area contributed by atoms with Crippen LogP contribution in [0.4, 0.5) is 0 Å². The Kier molecular flexibility index (Phi) is 6.62. The fraction of sp³-hybridized carbons (Fsp3) is 0.375. The molecule has 1 rings (SSSR count). The molecule has 0 radical (unpaired) electrons. The van der Waals surface area contributed by atoms with E-state index in [-0.39, 0.29) is 5.91 Å². The van der Waals surface area contributed by atoms with Crippen molar-refractivity contribution in [3.8, 4) is 0 Å². The van der Waals surface area contributed by atoms with Crippen LogP contribution in [0.3, 0.4) is 0 Å². The van der Waals surface area contributed by atoms with Crippen molar-refractivity contribution in [2.75, 3.05) is 7.11 Å². The maximum Gasteiger partial charge on any atom is 0.254 e. The summed E-state index contributed by atoms with van der Waals surface area (Å²) in [5.74, 6) is -0.946. The Morgan fingerprint density at radius 2 is 1.90 bits per heavy atom. The van der Waals surface area contributed by atoms with Crippen LogP contribution in [-0.4, -0.2) is 25.0 Å². The smallest absolute Gasteiger partial charge is 0.254 e. The number of ether oxygens (including phenoxy) is 1. The summed E-state index contributed by atoms with van der Waals surface area (Å²) in [7, 11) is 1.45. The first-order chi connectivity index (χ1) is 9.95. The zero-order valence-electron chi connectivity index (χ0n) is 12.6. The highest BCUT2D eigenvalue weighted by Gasteiger charge is 2.24. The third kappa shape index (κ3) is 5.39. The fourth-order valence-electron chi connectivity index (χ4n) is 1.87. The molecule has 5 nitrogen and oxygen atoms in total. The van der Waals surface area contributed by atoms with Gasteiger partial charge in [0.1, 0.15) is 6.04 Å². The van der Waals surface area contributed by atoms with E-state index in [0.29, 0.717) is 6.42 Å². The number of carbonyl (C=O) groups is 2. The summed E-state index contributed by atoms with van der Waals surface area (Å²) < 4.78 is 5.22. The minimum atomic E-state index is -0.764. The molecule has 0 fully saturated rings. The van der Waals surface area contributed by atoms with Crippen molar-refractivity contribution in [2.45, 2.75) is 32.4 Å². The summed E-state index contributed by atoms with van der Waals surface area (Å²) in [4.78, 5) is 23.7. The van der Waals surface area contributed by atoms with Crippen molar-refractivity contribution in [1.82, 2.24) is 5.32 Å². The molecule has 0 spiro atoms. The van der Waals surface area contributed by atoms with Gasteiger partial charge in [-0.15, -0.1) is 0 Å². The molecule has 1 aromatic carbocycles. The van der Waals surface area contributed by atoms with E-state index in [1.165, 1.54) is 7.11 Å². The third-order valence-corrected chi connectivity index (χ3v) is 3.00. The Bertz CT molecular complexity index is 508. The molecule has 1 aromatic rings. The van der Waals surface area contributed by atoms with Crippen molar-refractivity contribution in [3.63, 3.8) is 0 Å². The maximum absolute atomic E-state index is 12.3. The second-order valence-electron chi connectivity index (χ2n) is 5.01. The van der Waals surface area contributed by atoms with Crippen LogP contribution in [0.5, 0.6) is 0 Å². The van der Waals surface area contributed by atoms with Gasteiger partial charge in [0, 0.05) is 7.11 Å². The average Bonchev–Trinajstić information content (AvgIpc) is 2.44. The molecule has 0 bridgehead atoms. The second kappa shape index (κ2) is 8.21. The summed E-state index contributed by atoms with van der Waals surface area (Å²) in [5.41, 5.74) is 7.11. The first kappa shape index (κ1) is 16.9. The van der Waals surface area contributed by atoms with Gasteiger partial charge in [0.05, 0.1) is 0 Å². The van der Waals surface area contributed by atoms with Crippen molar-refractivity contribution in [2.24, 2.45) is 5.73 Å². The van der Waals surface area contributed by atoms with Crippen LogP contribution >= 0.6 is 0 Å². The predicted octanol–water partition coefficient (Wildman–Crippen LogP) is 1.70. The monoisotopic (exact) mass is 290 g/mol. The first-order valence-electron chi connectivity index (χ1n) is 6.76. The summed E-state index contributed by atoms with van der Waals surface area (Å²) in [6.45, 7) is 3.84. The van der Waals surface area contributed by atoms with Gasteiger partial charge >= 0.3 is 0 Å². The van der Waals surface area contributed by atoms with Gasteiger partial charge in [-0.3, -0.25) is 9.59 Å². The quantitative estimate of drug-likeness (QED) is 0.750. The Balaban J connectivity index is 2.80. The van der Waals surface area contributed by atoms with E-state index in [4.69, 9.17) is 10.5 Å². The molecule has 114 valence electrons. The second-order valence-corrected chi connectivity index (χ2v) is 5.01. The van der Waals surface area contributed by atoms with Gasteiger partial charge in [-0.1, -0.05) is 42.0 Å². The van der Waals surface area contributed by atoms with E-state index in [1.807, 2.05) is 38.1 Å². The molecule has 3 N–H and O–H groups in total. The highest BCUT2D eigenvalue weighted by molar-refractivity contribution is 5.89. The Labute approximate surface area is 125 Å². The molecule has 0 saturated carbocycles. The first-order valence-corrected chi connectivity index (χ1v) is 6.76. The molecule has 0 heterocycles. The van der Waals surface area contributed by atoms with Gasteiger partial charge in [-0.2, -0.15) is 0 Å². The van der Waals surface area contributed by atoms with Gasteiger partial charge in [0.15, 0.2) is 6.10 Å². The number of allylic oxidation sites excluding steroid dienone is 1. The zero-order valence-corrected chi connectivity index (χ0v) is 12.6. The highest BCUT2D eigenvalue weighted by atomic mass is 16.5. The zero-order chi connectivity index (χ0) is 15.8. The predicted molar refractivity (Wildman–Crippen MR) is 81.4 cm³/mol. The number of carbonyl (C=O) groups excluding carboxylic acids is 2. The number of rotatable bonds is 7. The Morgan fingerprint density at radius 1 is 1.29 bits per heavy atom. The van der Waals surface area contributed by atoms with Crippen LogP contribution in [0.1, 0.15) is 31.9 Å². The normalized spacial score (nSPS) is 13.1. The summed E-state index contributed by atoms with van der Waals surface area (Å²) in [6, 6.07) is 8.35. The Morgan fingerprint density at radius 3 is 2.38 bits per heavy atom. The van der Waals surface area contributed by atoms with Crippen molar-refractivity contribution >= 4 is 11.8 Å². The topological polar surface area (TPSA) is 81.4 Å². The number of nitrogens with one attached hydrogen (secondary N) is 1. The molecule has 0 unspecified atom stereocenters. The maximum atomic E-state index is 12.3. The van der Waals surface area contributed by atoms with Gasteiger partial charge in [-0.25, -0.2) is 0 Å². The van der Waals surface area contributed by atoms with E-state index >= 15 is 0 Å². The summed E-state index contributed by atoms with van der Waals surface area (Å²) in [5, 5.41) is 2.64. The lowest BCUT2D eigenvalue weighted by molar-refractivity contribution is -0.134. The summed E-state index contributed by atoms with van der Waals surface area (Å²) in [6.07, 6.45) is 1.47.